The van der Waals surface area contributed by atoms with Crippen LogP contribution in [0.5, 0.6) is 0 Å². The number of carbonyl (C=O) groups is 1. The zero-order valence-corrected chi connectivity index (χ0v) is 14.6. The van der Waals surface area contributed by atoms with Crippen molar-refractivity contribution in [3.63, 3.8) is 0 Å². The van der Waals surface area contributed by atoms with E-state index in [1.807, 2.05) is 11.0 Å². The van der Waals surface area contributed by atoms with Crippen molar-refractivity contribution in [1.29, 1.82) is 0 Å². The summed E-state index contributed by atoms with van der Waals surface area (Å²) in [5, 5.41) is -0.113. The molecule has 1 aromatic carbocycles. The summed E-state index contributed by atoms with van der Waals surface area (Å²) < 4.78 is 47.4. The molecule has 0 aromatic heterocycles. The van der Waals surface area contributed by atoms with Gasteiger partial charge in [0.1, 0.15) is 0 Å². The van der Waals surface area contributed by atoms with Crippen molar-refractivity contribution >= 4 is 33.7 Å². The van der Waals surface area contributed by atoms with Crippen molar-refractivity contribution < 1.29 is 26.6 Å². The molecule has 0 N–H and O–H groups in total. The summed E-state index contributed by atoms with van der Waals surface area (Å²) >= 11 is 1.74. The number of halogens is 1. The molecule has 2 heterocycles. The SMILES string of the molecule is CCS(=O)(=O)OC1OC(=O)N(F)C1c1ccccc1N1CCSC1. The highest BCUT2D eigenvalue weighted by molar-refractivity contribution is 7.99. The Balaban J connectivity index is 1.97. The van der Waals surface area contributed by atoms with E-state index in [-0.39, 0.29) is 10.9 Å². The predicted molar refractivity (Wildman–Crippen MR) is 87.6 cm³/mol. The van der Waals surface area contributed by atoms with Gasteiger partial charge in [0.2, 0.25) is 6.29 Å². The number of nitrogens with zero attached hydrogens (tertiary/aromatic N) is 2. The van der Waals surface area contributed by atoms with Crippen molar-refractivity contribution in [3.05, 3.63) is 29.8 Å². The molecule has 0 aliphatic carbocycles. The van der Waals surface area contributed by atoms with Crippen LogP contribution in [0.4, 0.5) is 15.0 Å². The first kappa shape index (κ1) is 17.3. The highest BCUT2D eigenvalue weighted by atomic mass is 32.2. The molecule has 10 heteroatoms. The number of carbonyl (C=O) groups excluding carboxylic acids is 1. The number of hydrogen-bond acceptors (Lipinski definition) is 7. The van der Waals surface area contributed by atoms with E-state index >= 15 is 0 Å². The molecule has 2 unspecified atom stereocenters. The molecule has 3 rings (SSSR count). The molecule has 2 fully saturated rings. The largest absolute Gasteiger partial charge is 0.441 e. The van der Waals surface area contributed by atoms with Gasteiger partial charge in [-0.1, -0.05) is 22.7 Å². The third-order valence-electron chi connectivity index (χ3n) is 3.84. The van der Waals surface area contributed by atoms with Crippen molar-refractivity contribution in [2.75, 3.05) is 28.8 Å². The maximum absolute atomic E-state index is 14.3. The molecule has 132 valence electrons. The summed E-state index contributed by atoms with van der Waals surface area (Å²) in [4.78, 5) is 13.7. The first-order chi connectivity index (χ1) is 11.4. The van der Waals surface area contributed by atoms with E-state index < -0.39 is 28.5 Å². The maximum Gasteiger partial charge on any atom is 0.441 e. The molecular formula is C14H17FN2O5S2. The van der Waals surface area contributed by atoms with Gasteiger partial charge >= 0.3 is 6.09 Å². The summed E-state index contributed by atoms with van der Waals surface area (Å²) in [5.74, 6) is 1.38. The fourth-order valence-corrected chi connectivity index (χ4v) is 4.15. The van der Waals surface area contributed by atoms with E-state index in [0.717, 1.165) is 23.9 Å². The minimum Gasteiger partial charge on any atom is -0.414 e. The topological polar surface area (TPSA) is 76.2 Å². The number of hydrogen-bond donors (Lipinski definition) is 0. The lowest BCUT2D eigenvalue weighted by Gasteiger charge is -2.25. The Morgan fingerprint density at radius 2 is 2.17 bits per heavy atom. The lowest BCUT2D eigenvalue weighted by atomic mass is 10.0. The average molecular weight is 376 g/mol. The second-order valence-corrected chi connectivity index (χ2v) is 8.27. The molecule has 2 atom stereocenters. The average Bonchev–Trinajstić information content (AvgIpc) is 3.17. The molecule has 2 aliphatic heterocycles. The normalized spacial score (nSPS) is 24.5. The third-order valence-corrected chi connectivity index (χ3v) is 5.99. The lowest BCUT2D eigenvalue weighted by Crippen LogP contribution is -2.29. The van der Waals surface area contributed by atoms with Crippen LogP contribution in [-0.4, -0.2) is 49.9 Å². The van der Waals surface area contributed by atoms with Gasteiger partial charge in [-0.05, 0) is 13.0 Å². The second-order valence-electron chi connectivity index (χ2n) is 5.31. The van der Waals surface area contributed by atoms with Gasteiger partial charge < -0.3 is 9.64 Å². The molecule has 24 heavy (non-hydrogen) atoms. The number of para-hydroxylation sites is 1. The van der Waals surface area contributed by atoms with Crippen LogP contribution in [0.1, 0.15) is 18.5 Å². The molecule has 0 bridgehead atoms. The summed E-state index contributed by atoms with van der Waals surface area (Å²) in [6.07, 6.45) is -2.81. The van der Waals surface area contributed by atoms with E-state index in [1.54, 1.807) is 30.0 Å². The minimum absolute atomic E-state index is 0.113. The van der Waals surface area contributed by atoms with E-state index in [0.29, 0.717) is 5.56 Å². The van der Waals surface area contributed by atoms with Gasteiger partial charge in [-0.25, -0.2) is 8.98 Å². The van der Waals surface area contributed by atoms with Crippen LogP contribution in [0.2, 0.25) is 0 Å². The van der Waals surface area contributed by atoms with Crippen LogP contribution in [0, 0.1) is 0 Å². The molecule has 0 spiro atoms. The fourth-order valence-electron chi connectivity index (χ4n) is 2.62. The Kier molecular flexibility index (Phi) is 4.88. The number of benzene rings is 1. The van der Waals surface area contributed by atoms with Gasteiger partial charge in [0.05, 0.1) is 11.6 Å². The highest BCUT2D eigenvalue weighted by Gasteiger charge is 2.48. The van der Waals surface area contributed by atoms with E-state index in [9.17, 15) is 17.7 Å². The van der Waals surface area contributed by atoms with Crippen LogP contribution in [0.25, 0.3) is 0 Å². The molecule has 7 nitrogen and oxygen atoms in total. The van der Waals surface area contributed by atoms with Gasteiger partial charge in [0, 0.05) is 23.5 Å². The Hall–Kier alpha value is -1.52. The summed E-state index contributed by atoms with van der Waals surface area (Å²) in [6.45, 7) is 2.18. The minimum atomic E-state index is -3.91. The number of anilines is 1. The predicted octanol–water partition coefficient (Wildman–Crippen LogP) is 2.27. The summed E-state index contributed by atoms with van der Waals surface area (Å²) in [5.41, 5.74) is 1.18. The van der Waals surface area contributed by atoms with Gasteiger partial charge in [-0.2, -0.15) is 8.42 Å². The Morgan fingerprint density at radius 3 is 2.83 bits per heavy atom. The standard InChI is InChI=1S/C14H17FN2O5S2/c1-2-24(19,20)22-13-12(17(15)14(18)21-13)10-5-3-4-6-11(10)16-7-8-23-9-16/h3-6,12-13H,2,7-9H2,1H3. The molecule has 2 saturated heterocycles. The van der Waals surface area contributed by atoms with E-state index in [1.165, 1.54) is 6.92 Å². The van der Waals surface area contributed by atoms with Crippen LogP contribution >= 0.6 is 11.8 Å². The van der Waals surface area contributed by atoms with Crippen LogP contribution in [0.15, 0.2) is 24.3 Å². The number of thioether (sulfide) groups is 1. The number of ether oxygens (including phenoxy) is 1. The molecule has 0 radical (unpaired) electrons. The molecular weight excluding hydrogens is 359 g/mol. The zero-order chi connectivity index (χ0) is 17.3. The third kappa shape index (κ3) is 3.31. The monoisotopic (exact) mass is 376 g/mol. The Labute approximate surface area is 143 Å². The van der Waals surface area contributed by atoms with Crippen LogP contribution in [0.3, 0.4) is 0 Å². The fraction of sp³-hybridized carbons (Fsp3) is 0.500. The van der Waals surface area contributed by atoms with Crippen molar-refractivity contribution in [3.8, 4) is 0 Å². The lowest BCUT2D eigenvalue weighted by molar-refractivity contribution is -0.0260. The second kappa shape index (κ2) is 6.77. The Bertz CT molecular complexity index is 724. The van der Waals surface area contributed by atoms with E-state index in [4.69, 9.17) is 8.92 Å². The van der Waals surface area contributed by atoms with Gasteiger partial charge in [0.15, 0.2) is 6.04 Å². The molecule has 2 aliphatic rings. The molecule has 1 aromatic rings. The smallest absolute Gasteiger partial charge is 0.414 e. The number of rotatable bonds is 5. The van der Waals surface area contributed by atoms with Crippen molar-refractivity contribution in [2.45, 2.75) is 19.3 Å². The Morgan fingerprint density at radius 1 is 1.42 bits per heavy atom. The number of cyclic esters (lactones) is 1. The molecule has 0 saturated carbocycles. The summed E-state index contributed by atoms with van der Waals surface area (Å²) in [6, 6.07) is 5.68. The number of amides is 1. The first-order valence-corrected chi connectivity index (χ1v) is 10.1. The van der Waals surface area contributed by atoms with Gasteiger partial charge in [-0.3, -0.25) is 0 Å². The first-order valence-electron chi connectivity index (χ1n) is 7.41. The van der Waals surface area contributed by atoms with Crippen LogP contribution in [-0.2, 0) is 19.0 Å². The van der Waals surface area contributed by atoms with Gasteiger partial charge in [0.25, 0.3) is 10.1 Å². The highest BCUT2D eigenvalue weighted by Crippen LogP contribution is 2.40. The van der Waals surface area contributed by atoms with Gasteiger partial charge in [-0.15, -0.1) is 16.9 Å². The zero-order valence-electron chi connectivity index (χ0n) is 12.9. The van der Waals surface area contributed by atoms with Crippen LogP contribution < -0.4 is 4.90 Å². The maximum atomic E-state index is 14.3. The van der Waals surface area contributed by atoms with E-state index in [2.05, 4.69) is 0 Å². The van der Waals surface area contributed by atoms with Crippen molar-refractivity contribution in [2.24, 2.45) is 0 Å². The summed E-state index contributed by atoms with van der Waals surface area (Å²) in [7, 11) is -3.91. The quantitative estimate of drug-likeness (QED) is 0.576. The molecule has 1 amide bonds. The van der Waals surface area contributed by atoms with Crippen molar-refractivity contribution in [1.82, 2.24) is 5.12 Å².